The fraction of sp³-hybridized carbons (Fsp3) is 0.526. The monoisotopic (exact) mass is 489 g/mol. The van der Waals surface area contributed by atoms with Gasteiger partial charge < -0.3 is 19.9 Å². The van der Waals surface area contributed by atoms with Crippen LogP contribution in [0.5, 0.6) is 0 Å². The van der Waals surface area contributed by atoms with Crippen molar-refractivity contribution in [3.05, 3.63) is 39.7 Å². The van der Waals surface area contributed by atoms with Gasteiger partial charge in [-0.25, -0.2) is 15.1 Å². The number of aromatic nitrogens is 4. The molecule has 0 saturated carbocycles. The number of aromatic amines is 1. The number of nitrogens with one attached hydrogen (secondary N) is 2. The molecular weight excluding hydrogens is 467 g/mol. The van der Waals surface area contributed by atoms with Crippen LogP contribution in [0.4, 0.5) is 24.7 Å². The summed E-state index contributed by atoms with van der Waals surface area (Å²) < 4.78 is 44.7. The van der Waals surface area contributed by atoms with Crippen molar-refractivity contribution < 1.29 is 22.7 Å². The van der Waals surface area contributed by atoms with Crippen molar-refractivity contribution in [3.8, 4) is 0 Å². The van der Waals surface area contributed by atoms with Crippen molar-refractivity contribution in [2.24, 2.45) is 0 Å². The molecule has 1 saturated heterocycles. The zero-order valence-electron chi connectivity index (χ0n) is 17.7. The molecule has 180 valence electrons. The van der Waals surface area contributed by atoms with E-state index in [0.717, 1.165) is 6.20 Å². The van der Waals surface area contributed by atoms with Crippen LogP contribution in [-0.2, 0) is 15.7 Å². The lowest BCUT2D eigenvalue weighted by molar-refractivity contribution is -0.138. The molecule has 0 aromatic carbocycles. The van der Waals surface area contributed by atoms with Crippen LogP contribution in [-0.4, -0.2) is 76.4 Å². The molecule has 1 aliphatic heterocycles. The molecule has 1 aliphatic rings. The van der Waals surface area contributed by atoms with E-state index in [1.807, 2.05) is 4.90 Å². The molecule has 0 radical (unpaired) electrons. The standard InChI is InChI=1S/C19H23ClF3N7O3/c1-12(27-13-8-26-28-18(32)17(13)19(21,22)23)11-33-7-2-16(31)30-5-3-29(4-6-30)15-10-24-14(20)9-25-15/h8-10,12H,2-7,11H2,1H3,(H2,27,28,32)/t12-/m0/s1. The van der Waals surface area contributed by atoms with E-state index in [1.54, 1.807) is 23.1 Å². The molecule has 3 heterocycles. The Morgan fingerprint density at radius 2 is 1.97 bits per heavy atom. The number of ether oxygens (including phenoxy) is 1. The van der Waals surface area contributed by atoms with Crippen LogP contribution >= 0.6 is 11.6 Å². The van der Waals surface area contributed by atoms with Crippen LogP contribution in [0, 0.1) is 0 Å². The minimum atomic E-state index is -4.82. The van der Waals surface area contributed by atoms with Crippen LogP contribution in [0.25, 0.3) is 0 Å². The van der Waals surface area contributed by atoms with Crippen molar-refractivity contribution in [3.63, 3.8) is 0 Å². The fourth-order valence-corrected chi connectivity index (χ4v) is 3.43. The van der Waals surface area contributed by atoms with Gasteiger partial charge in [0.15, 0.2) is 0 Å². The first-order chi connectivity index (χ1) is 15.6. The first-order valence-corrected chi connectivity index (χ1v) is 10.5. The summed E-state index contributed by atoms with van der Waals surface area (Å²) in [5, 5.41) is 8.08. The Morgan fingerprint density at radius 1 is 1.24 bits per heavy atom. The molecule has 1 fully saturated rings. The van der Waals surface area contributed by atoms with E-state index in [4.69, 9.17) is 16.3 Å². The molecule has 0 spiro atoms. The van der Waals surface area contributed by atoms with Crippen LogP contribution in [0.3, 0.4) is 0 Å². The largest absolute Gasteiger partial charge is 0.423 e. The van der Waals surface area contributed by atoms with E-state index >= 15 is 0 Å². The molecule has 3 rings (SSSR count). The number of rotatable bonds is 8. The van der Waals surface area contributed by atoms with Crippen molar-refractivity contribution >= 4 is 29.0 Å². The SMILES string of the molecule is C[C@@H](COCCC(=O)N1CCN(c2cnc(Cl)cn2)CC1)Nc1cn[nH]c(=O)c1C(F)(F)F. The highest BCUT2D eigenvalue weighted by Gasteiger charge is 2.37. The molecule has 33 heavy (non-hydrogen) atoms. The number of piperazine rings is 1. The summed E-state index contributed by atoms with van der Waals surface area (Å²) >= 11 is 5.74. The minimum Gasteiger partial charge on any atom is -0.379 e. The number of carbonyl (C=O) groups excluding carboxylic acids is 1. The van der Waals surface area contributed by atoms with Gasteiger partial charge in [0.05, 0.1) is 43.9 Å². The summed E-state index contributed by atoms with van der Waals surface area (Å²) in [6, 6.07) is -0.547. The predicted molar refractivity (Wildman–Crippen MR) is 114 cm³/mol. The summed E-state index contributed by atoms with van der Waals surface area (Å²) in [6.07, 6.45) is -0.719. The van der Waals surface area contributed by atoms with Gasteiger partial charge in [-0.1, -0.05) is 11.6 Å². The van der Waals surface area contributed by atoms with Crippen LogP contribution in [0.2, 0.25) is 5.15 Å². The number of amides is 1. The summed E-state index contributed by atoms with van der Waals surface area (Å²) in [6.45, 7) is 4.02. The molecule has 2 N–H and O–H groups in total. The molecular formula is C19H23ClF3N7O3. The van der Waals surface area contributed by atoms with Gasteiger partial charge in [0, 0.05) is 32.2 Å². The number of hydrogen-bond acceptors (Lipinski definition) is 8. The number of anilines is 2. The maximum atomic E-state index is 13.1. The summed E-state index contributed by atoms with van der Waals surface area (Å²) in [5.41, 5.74) is -3.10. The highest BCUT2D eigenvalue weighted by Crippen LogP contribution is 2.31. The normalized spacial score (nSPS) is 15.4. The Bertz CT molecular complexity index is 995. The number of hydrogen-bond donors (Lipinski definition) is 2. The summed E-state index contributed by atoms with van der Waals surface area (Å²) in [7, 11) is 0. The van der Waals surface area contributed by atoms with E-state index in [1.165, 1.54) is 6.20 Å². The maximum absolute atomic E-state index is 13.1. The van der Waals surface area contributed by atoms with Crippen molar-refractivity contribution in [2.45, 2.75) is 25.6 Å². The smallest absolute Gasteiger partial charge is 0.379 e. The van der Waals surface area contributed by atoms with E-state index < -0.39 is 29.0 Å². The Morgan fingerprint density at radius 3 is 2.61 bits per heavy atom. The van der Waals surface area contributed by atoms with Crippen LogP contribution < -0.4 is 15.8 Å². The molecule has 1 atom stereocenters. The second-order valence-electron chi connectivity index (χ2n) is 7.42. The molecule has 0 unspecified atom stereocenters. The van der Waals surface area contributed by atoms with E-state index in [-0.39, 0.29) is 25.5 Å². The average molecular weight is 490 g/mol. The number of alkyl halides is 3. The van der Waals surface area contributed by atoms with E-state index in [0.29, 0.717) is 37.1 Å². The summed E-state index contributed by atoms with van der Waals surface area (Å²) in [4.78, 5) is 35.9. The fourth-order valence-electron chi connectivity index (χ4n) is 3.33. The number of carbonyl (C=O) groups is 1. The van der Waals surface area contributed by atoms with Gasteiger partial charge in [-0.15, -0.1) is 0 Å². The van der Waals surface area contributed by atoms with Crippen molar-refractivity contribution in [2.75, 3.05) is 49.6 Å². The van der Waals surface area contributed by atoms with Gasteiger partial charge in [0.1, 0.15) is 16.5 Å². The average Bonchev–Trinajstić information content (AvgIpc) is 2.76. The molecule has 2 aromatic heterocycles. The molecule has 2 aromatic rings. The quantitative estimate of drug-likeness (QED) is 0.539. The second kappa shape index (κ2) is 10.8. The minimum absolute atomic E-state index is 0.0421. The van der Waals surface area contributed by atoms with Crippen molar-refractivity contribution in [1.82, 2.24) is 25.1 Å². The van der Waals surface area contributed by atoms with Gasteiger partial charge in [-0.3, -0.25) is 9.59 Å². The molecule has 14 heteroatoms. The highest BCUT2D eigenvalue weighted by molar-refractivity contribution is 6.29. The molecule has 0 bridgehead atoms. The number of H-pyrrole nitrogens is 1. The lowest BCUT2D eigenvalue weighted by Gasteiger charge is -2.35. The van der Waals surface area contributed by atoms with Gasteiger partial charge in [0.25, 0.3) is 5.56 Å². The van der Waals surface area contributed by atoms with Gasteiger partial charge in [-0.2, -0.15) is 18.3 Å². The molecule has 10 nitrogen and oxygen atoms in total. The lowest BCUT2D eigenvalue weighted by Crippen LogP contribution is -2.49. The van der Waals surface area contributed by atoms with Crippen molar-refractivity contribution in [1.29, 1.82) is 0 Å². The zero-order chi connectivity index (χ0) is 24.0. The Balaban J connectivity index is 1.39. The third-order valence-electron chi connectivity index (χ3n) is 4.93. The molecule has 1 amide bonds. The Labute approximate surface area is 192 Å². The summed E-state index contributed by atoms with van der Waals surface area (Å²) in [5.74, 6) is 0.621. The first kappa shape index (κ1) is 24.7. The highest BCUT2D eigenvalue weighted by atomic mass is 35.5. The Kier molecular flexibility index (Phi) is 8.08. The maximum Gasteiger partial charge on any atom is 0.423 e. The Hall–Kier alpha value is -2.93. The van der Waals surface area contributed by atoms with Crippen LogP contribution in [0.15, 0.2) is 23.4 Å². The first-order valence-electron chi connectivity index (χ1n) is 10.1. The zero-order valence-corrected chi connectivity index (χ0v) is 18.5. The third kappa shape index (κ3) is 6.78. The van der Waals surface area contributed by atoms with E-state index in [2.05, 4.69) is 20.4 Å². The molecule has 0 aliphatic carbocycles. The lowest BCUT2D eigenvalue weighted by atomic mass is 10.2. The number of nitrogens with zero attached hydrogens (tertiary/aromatic N) is 5. The van der Waals surface area contributed by atoms with Gasteiger partial charge in [-0.05, 0) is 6.92 Å². The third-order valence-corrected chi connectivity index (χ3v) is 5.13. The van der Waals surface area contributed by atoms with Crippen LogP contribution in [0.1, 0.15) is 18.9 Å². The predicted octanol–water partition coefficient (Wildman–Crippen LogP) is 1.79. The van der Waals surface area contributed by atoms with Gasteiger partial charge >= 0.3 is 6.18 Å². The topological polar surface area (TPSA) is 116 Å². The number of halogens is 4. The van der Waals surface area contributed by atoms with Gasteiger partial charge in [0.2, 0.25) is 5.91 Å². The second-order valence-corrected chi connectivity index (χ2v) is 7.81. The van der Waals surface area contributed by atoms with E-state index in [9.17, 15) is 22.8 Å².